The van der Waals surface area contributed by atoms with Crippen molar-refractivity contribution < 1.29 is 19.1 Å². The molecule has 5 heteroatoms. The molecule has 0 spiro atoms. The van der Waals surface area contributed by atoms with Crippen molar-refractivity contribution in [1.82, 2.24) is 0 Å². The number of primary amides is 1. The minimum Gasteiger partial charge on any atom is -0.457 e. The van der Waals surface area contributed by atoms with Gasteiger partial charge in [-0.25, -0.2) is 9.59 Å². The summed E-state index contributed by atoms with van der Waals surface area (Å²) in [4.78, 5) is 21.4. The Kier molecular flexibility index (Phi) is 3.71. The molecule has 0 aliphatic heterocycles. The van der Waals surface area contributed by atoms with Crippen LogP contribution in [0.4, 0.5) is 4.79 Å². The molecule has 1 atom stereocenters. The van der Waals surface area contributed by atoms with E-state index in [1.165, 1.54) is 6.92 Å². The van der Waals surface area contributed by atoms with Gasteiger partial charge in [0.25, 0.3) is 0 Å². The second-order valence-electron chi connectivity index (χ2n) is 3.61. The van der Waals surface area contributed by atoms with E-state index in [1.54, 1.807) is 20.8 Å². The topological polar surface area (TPSA) is 78.6 Å². The third-order valence-electron chi connectivity index (χ3n) is 1.03. The molecule has 0 saturated carbocycles. The number of carbonyl (C=O) groups is 2. The van der Waals surface area contributed by atoms with Crippen LogP contribution in [0.2, 0.25) is 0 Å². The molecule has 0 aromatic carbocycles. The van der Waals surface area contributed by atoms with Crippen molar-refractivity contribution in [2.24, 2.45) is 5.73 Å². The van der Waals surface area contributed by atoms with Crippen molar-refractivity contribution in [3.05, 3.63) is 0 Å². The van der Waals surface area contributed by atoms with E-state index >= 15 is 0 Å². The number of rotatable bonds is 2. The largest absolute Gasteiger partial charge is 0.457 e. The van der Waals surface area contributed by atoms with Gasteiger partial charge in [0, 0.05) is 0 Å². The van der Waals surface area contributed by atoms with E-state index in [9.17, 15) is 9.59 Å². The standard InChI is InChI=1S/C8H15NO4/c1-5(12-7(9)11)6(10)13-8(2,3)4/h5H,1-4H3,(H2,9,11). The van der Waals surface area contributed by atoms with E-state index in [4.69, 9.17) is 10.5 Å². The van der Waals surface area contributed by atoms with Gasteiger partial charge in [-0.1, -0.05) is 0 Å². The quantitative estimate of drug-likeness (QED) is 0.652. The lowest BCUT2D eigenvalue weighted by Crippen LogP contribution is -2.34. The van der Waals surface area contributed by atoms with Crippen molar-refractivity contribution >= 4 is 12.1 Å². The number of carbonyl (C=O) groups excluding carboxylic acids is 2. The summed E-state index contributed by atoms with van der Waals surface area (Å²) in [5, 5.41) is 0. The minimum atomic E-state index is -0.988. The lowest BCUT2D eigenvalue weighted by Gasteiger charge is -2.21. The van der Waals surface area contributed by atoms with Crippen molar-refractivity contribution in [2.45, 2.75) is 39.4 Å². The summed E-state index contributed by atoms with van der Waals surface area (Å²) in [7, 11) is 0. The lowest BCUT2D eigenvalue weighted by molar-refractivity contribution is -0.163. The van der Waals surface area contributed by atoms with Crippen molar-refractivity contribution in [3.63, 3.8) is 0 Å². The molecule has 0 saturated heterocycles. The number of hydrogen-bond donors (Lipinski definition) is 1. The van der Waals surface area contributed by atoms with Crippen LogP contribution in [0.25, 0.3) is 0 Å². The van der Waals surface area contributed by atoms with Gasteiger partial charge >= 0.3 is 12.1 Å². The summed E-state index contributed by atoms with van der Waals surface area (Å²) in [6.07, 6.45) is -1.95. The van der Waals surface area contributed by atoms with Crippen LogP contribution in [-0.4, -0.2) is 23.8 Å². The molecule has 0 bridgehead atoms. The Morgan fingerprint density at radius 3 is 2.08 bits per heavy atom. The summed E-state index contributed by atoms with van der Waals surface area (Å²) < 4.78 is 9.35. The van der Waals surface area contributed by atoms with Crippen LogP contribution in [0, 0.1) is 0 Å². The third-order valence-corrected chi connectivity index (χ3v) is 1.03. The molecule has 1 unspecified atom stereocenters. The first kappa shape index (κ1) is 11.7. The zero-order valence-electron chi connectivity index (χ0n) is 8.29. The van der Waals surface area contributed by atoms with Crippen molar-refractivity contribution in [1.29, 1.82) is 0 Å². The molecular weight excluding hydrogens is 174 g/mol. The first-order valence-electron chi connectivity index (χ1n) is 3.91. The molecule has 1 amide bonds. The molecule has 76 valence electrons. The summed E-state index contributed by atoms with van der Waals surface area (Å²) in [5.74, 6) is -0.605. The van der Waals surface area contributed by atoms with E-state index in [0.717, 1.165) is 0 Å². The Hall–Kier alpha value is -1.26. The molecule has 13 heavy (non-hydrogen) atoms. The first-order chi connectivity index (χ1) is 5.72. The highest BCUT2D eigenvalue weighted by atomic mass is 16.6. The number of nitrogens with two attached hydrogens (primary N) is 1. The minimum absolute atomic E-state index is 0.591. The van der Waals surface area contributed by atoms with Gasteiger partial charge in [0.05, 0.1) is 0 Å². The van der Waals surface area contributed by atoms with E-state index in [2.05, 4.69) is 4.74 Å². The Bertz CT molecular complexity index is 207. The average Bonchev–Trinajstić information content (AvgIpc) is 1.81. The molecule has 0 aliphatic rings. The third kappa shape index (κ3) is 5.95. The van der Waals surface area contributed by atoms with E-state index < -0.39 is 23.8 Å². The molecule has 0 aromatic heterocycles. The maximum absolute atomic E-state index is 11.1. The number of hydrogen-bond acceptors (Lipinski definition) is 4. The van der Waals surface area contributed by atoms with Crippen LogP contribution in [0.1, 0.15) is 27.7 Å². The van der Waals surface area contributed by atoms with Crippen molar-refractivity contribution in [3.8, 4) is 0 Å². The van der Waals surface area contributed by atoms with Gasteiger partial charge in [-0.15, -0.1) is 0 Å². The molecule has 0 heterocycles. The summed E-state index contributed by atoms with van der Waals surface area (Å²) in [6.45, 7) is 6.57. The van der Waals surface area contributed by atoms with Gasteiger partial charge in [0.1, 0.15) is 5.60 Å². The molecule has 0 fully saturated rings. The molecule has 5 nitrogen and oxygen atoms in total. The van der Waals surface area contributed by atoms with Gasteiger partial charge in [-0.3, -0.25) is 0 Å². The highest BCUT2D eigenvalue weighted by Gasteiger charge is 2.23. The lowest BCUT2D eigenvalue weighted by atomic mass is 10.2. The first-order valence-corrected chi connectivity index (χ1v) is 3.91. The molecular formula is C8H15NO4. The summed E-state index contributed by atoms with van der Waals surface area (Å²) >= 11 is 0. The fourth-order valence-electron chi connectivity index (χ4n) is 0.607. The maximum Gasteiger partial charge on any atom is 0.405 e. The van der Waals surface area contributed by atoms with Gasteiger partial charge in [0.15, 0.2) is 6.10 Å². The zero-order valence-corrected chi connectivity index (χ0v) is 8.29. The molecule has 0 aromatic rings. The van der Waals surface area contributed by atoms with E-state index in [1.807, 2.05) is 0 Å². The fraction of sp³-hybridized carbons (Fsp3) is 0.750. The highest BCUT2D eigenvalue weighted by Crippen LogP contribution is 2.09. The monoisotopic (exact) mass is 189 g/mol. The van der Waals surface area contributed by atoms with Crippen LogP contribution in [0.15, 0.2) is 0 Å². The Balaban J connectivity index is 4.05. The molecule has 0 radical (unpaired) electrons. The SMILES string of the molecule is CC(OC(N)=O)C(=O)OC(C)(C)C. The van der Waals surface area contributed by atoms with Crippen LogP contribution >= 0.6 is 0 Å². The molecule has 0 rings (SSSR count). The predicted octanol–water partition coefficient (Wildman–Crippen LogP) is 0.812. The van der Waals surface area contributed by atoms with Crippen LogP contribution in [-0.2, 0) is 14.3 Å². The second-order valence-corrected chi connectivity index (χ2v) is 3.61. The van der Waals surface area contributed by atoms with Crippen LogP contribution in [0.3, 0.4) is 0 Å². The molecule has 2 N–H and O–H groups in total. The highest BCUT2D eigenvalue weighted by molar-refractivity contribution is 5.78. The normalized spacial score (nSPS) is 13.2. The number of ether oxygens (including phenoxy) is 2. The second kappa shape index (κ2) is 4.11. The van der Waals surface area contributed by atoms with E-state index in [-0.39, 0.29) is 0 Å². The number of amides is 1. The Morgan fingerprint density at radius 1 is 1.31 bits per heavy atom. The van der Waals surface area contributed by atoms with Gasteiger partial charge < -0.3 is 15.2 Å². The average molecular weight is 189 g/mol. The maximum atomic E-state index is 11.1. The van der Waals surface area contributed by atoms with E-state index in [0.29, 0.717) is 0 Å². The Labute approximate surface area is 77.2 Å². The summed E-state index contributed by atoms with van der Waals surface area (Å²) in [6, 6.07) is 0. The van der Waals surface area contributed by atoms with Gasteiger partial charge in [-0.2, -0.15) is 0 Å². The van der Waals surface area contributed by atoms with Gasteiger partial charge in [0.2, 0.25) is 0 Å². The van der Waals surface area contributed by atoms with Crippen LogP contribution in [0.5, 0.6) is 0 Å². The summed E-state index contributed by atoms with van der Waals surface area (Å²) in [5.41, 5.74) is 4.14. The number of esters is 1. The fourth-order valence-corrected chi connectivity index (χ4v) is 0.607. The smallest absolute Gasteiger partial charge is 0.405 e. The predicted molar refractivity (Wildman–Crippen MR) is 46.0 cm³/mol. The van der Waals surface area contributed by atoms with Gasteiger partial charge in [-0.05, 0) is 27.7 Å². The van der Waals surface area contributed by atoms with Crippen molar-refractivity contribution in [2.75, 3.05) is 0 Å². The Morgan fingerprint density at radius 2 is 1.77 bits per heavy atom. The molecule has 0 aliphatic carbocycles. The zero-order chi connectivity index (χ0) is 10.6. The van der Waals surface area contributed by atoms with Crippen LogP contribution < -0.4 is 5.73 Å².